The summed E-state index contributed by atoms with van der Waals surface area (Å²) in [6, 6.07) is 12.3. The zero-order valence-corrected chi connectivity index (χ0v) is 17.1. The summed E-state index contributed by atoms with van der Waals surface area (Å²) in [5.74, 6) is 0.596. The minimum atomic E-state index is -0.297. The first-order chi connectivity index (χ1) is 13.4. The Hall–Kier alpha value is -2.73. The van der Waals surface area contributed by atoms with Crippen molar-refractivity contribution < 1.29 is 19.1 Å². The molecule has 0 spiro atoms. The quantitative estimate of drug-likeness (QED) is 0.688. The van der Waals surface area contributed by atoms with Crippen LogP contribution in [0.4, 0.5) is 5.69 Å². The third-order valence-electron chi connectivity index (χ3n) is 4.05. The normalized spacial score (nSPS) is 10.3. The Balaban J connectivity index is 1.97. The lowest BCUT2D eigenvalue weighted by Gasteiger charge is -2.22. The van der Waals surface area contributed by atoms with E-state index in [1.54, 1.807) is 36.4 Å². The first kappa shape index (κ1) is 21.6. The Morgan fingerprint density at radius 3 is 2.57 bits per heavy atom. The van der Waals surface area contributed by atoms with E-state index in [4.69, 9.17) is 21.1 Å². The molecule has 0 saturated carbocycles. The number of hydrogen-bond acceptors (Lipinski definition) is 4. The highest BCUT2D eigenvalue weighted by Crippen LogP contribution is 2.23. The maximum Gasteiger partial charge on any atom is 0.260 e. The molecule has 0 bridgehead atoms. The Bertz CT molecular complexity index is 826. The molecule has 7 heteroatoms. The van der Waals surface area contributed by atoms with Crippen LogP contribution in [-0.2, 0) is 9.59 Å². The molecule has 0 unspecified atom stereocenters. The molecule has 0 atom stereocenters. The molecule has 28 heavy (non-hydrogen) atoms. The van der Waals surface area contributed by atoms with Crippen LogP contribution in [0.2, 0.25) is 5.02 Å². The molecule has 0 aliphatic heterocycles. The molecule has 0 radical (unpaired) electrons. The molecule has 0 heterocycles. The summed E-state index contributed by atoms with van der Waals surface area (Å²) >= 11 is 5.93. The number of hydrogen-bond donors (Lipinski definition) is 1. The number of anilines is 1. The predicted octanol–water partition coefficient (Wildman–Crippen LogP) is 3.91. The van der Waals surface area contributed by atoms with E-state index in [-0.39, 0.29) is 25.0 Å². The molecule has 0 fully saturated rings. The van der Waals surface area contributed by atoms with Crippen LogP contribution < -0.4 is 14.8 Å². The van der Waals surface area contributed by atoms with E-state index >= 15 is 0 Å². The zero-order valence-electron chi connectivity index (χ0n) is 16.3. The van der Waals surface area contributed by atoms with Gasteiger partial charge in [0.15, 0.2) is 6.61 Å². The SMILES string of the molecule is CCCN(CC(=O)Nc1ccccc1OC)C(=O)COc1ccc(Cl)cc1C. The van der Waals surface area contributed by atoms with Crippen LogP contribution in [-0.4, -0.2) is 43.5 Å². The number of amides is 2. The highest BCUT2D eigenvalue weighted by Gasteiger charge is 2.18. The van der Waals surface area contributed by atoms with E-state index in [9.17, 15) is 9.59 Å². The van der Waals surface area contributed by atoms with Crippen LogP contribution in [0.15, 0.2) is 42.5 Å². The topological polar surface area (TPSA) is 67.9 Å². The number of halogens is 1. The lowest BCUT2D eigenvalue weighted by atomic mass is 10.2. The van der Waals surface area contributed by atoms with Crippen LogP contribution in [0.3, 0.4) is 0 Å². The third kappa shape index (κ3) is 6.16. The van der Waals surface area contributed by atoms with Gasteiger partial charge in [-0.1, -0.05) is 30.7 Å². The van der Waals surface area contributed by atoms with E-state index in [1.807, 2.05) is 19.9 Å². The molecule has 0 aliphatic rings. The number of nitrogens with one attached hydrogen (secondary N) is 1. The fourth-order valence-electron chi connectivity index (χ4n) is 2.68. The fraction of sp³-hybridized carbons (Fsp3) is 0.333. The van der Waals surface area contributed by atoms with Crippen molar-refractivity contribution in [2.45, 2.75) is 20.3 Å². The smallest absolute Gasteiger partial charge is 0.260 e. The minimum absolute atomic E-state index is 0.0618. The summed E-state index contributed by atoms with van der Waals surface area (Å²) in [4.78, 5) is 26.5. The molecule has 2 rings (SSSR count). The Morgan fingerprint density at radius 1 is 1.14 bits per heavy atom. The van der Waals surface area contributed by atoms with Crippen molar-refractivity contribution in [1.82, 2.24) is 4.90 Å². The molecule has 0 aromatic heterocycles. The monoisotopic (exact) mass is 404 g/mol. The van der Waals surface area contributed by atoms with Gasteiger partial charge < -0.3 is 19.7 Å². The summed E-state index contributed by atoms with van der Waals surface area (Å²) in [5, 5.41) is 3.39. The van der Waals surface area contributed by atoms with Gasteiger partial charge in [0.05, 0.1) is 19.3 Å². The summed E-state index contributed by atoms with van der Waals surface area (Å²) in [7, 11) is 1.54. The number of carbonyl (C=O) groups excluding carboxylic acids is 2. The van der Waals surface area contributed by atoms with Gasteiger partial charge in [-0.15, -0.1) is 0 Å². The number of ether oxygens (including phenoxy) is 2. The number of para-hydroxylation sites is 2. The summed E-state index contributed by atoms with van der Waals surface area (Å²) in [6.07, 6.45) is 0.730. The molecular weight excluding hydrogens is 380 g/mol. The molecule has 6 nitrogen and oxygen atoms in total. The van der Waals surface area contributed by atoms with Gasteiger partial charge in [0.1, 0.15) is 11.5 Å². The van der Waals surface area contributed by atoms with Crippen LogP contribution >= 0.6 is 11.6 Å². The number of aryl methyl sites for hydroxylation is 1. The first-order valence-electron chi connectivity index (χ1n) is 9.04. The maximum absolute atomic E-state index is 12.6. The standard InChI is InChI=1S/C21H25ClN2O4/c1-4-11-24(13-20(25)23-17-7-5-6-8-19(17)27-3)21(26)14-28-18-10-9-16(22)12-15(18)2/h5-10,12H,4,11,13-14H2,1-3H3,(H,23,25). The van der Waals surface area contributed by atoms with Gasteiger partial charge >= 0.3 is 0 Å². The van der Waals surface area contributed by atoms with Gasteiger partial charge in [-0.05, 0) is 49.2 Å². The molecular formula is C21H25ClN2O4. The number of methoxy groups -OCH3 is 1. The lowest BCUT2D eigenvalue weighted by Crippen LogP contribution is -2.41. The zero-order chi connectivity index (χ0) is 20.5. The molecule has 0 aliphatic carbocycles. The van der Waals surface area contributed by atoms with Gasteiger partial charge in [0, 0.05) is 11.6 Å². The number of carbonyl (C=O) groups is 2. The minimum Gasteiger partial charge on any atom is -0.495 e. The van der Waals surface area contributed by atoms with Crippen LogP contribution in [0.25, 0.3) is 0 Å². The van der Waals surface area contributed by atoms with E-state index < -0.39 is 0 Å². The molecule has 1 N–H and O–H groups in total. The van der Waals surface area contributed by atoms with Crippen molar-refractivity contribution in [2.24, 2.45) is 0 Å². The Labute approximate surface area is 170 Å². The van der Waals surface area contributed by atoms with E-state index in [0.29, 0.717) is 28.8 Å². The average Bonchev–Trinajstić information content (AvgIpc) is 2.67. The molecule has 2 aromatic rings. The van der Waals surface area contributed by atoms with E-state index in [0.717, 1.165) is 12.0 Å². The van der Waals surface area contributed by atoms with Crippen molar-refractivity contribution in [3.63, 3.8) is 0 Å². The van der Waals surface area contributed by atoms with Gasteiger partial charge in [0.2, 0.25) is 5.91 Å². The third-order valence-corrected chi connectivity index (χ3v) is 4.28. The van der Waals surface area contributed by atoms with Gasteiger partial charge in [0.25, 0.3) is 5.91 Å². The molecule has 0 saturated heterocycles. The van der Waals surface area contributed by atoms with Crippen molar-refractivity contribution in [3.05, 3.63) is 53.1 Å². The van der Waals surface area contributed by atoms with Crippen LogP contribution in [0.1, 0.15) is 18.9 Å². The first-order valence-corrected chi connectivity index (χ1v) is 9.42. The van der Waals surface area contributed by atoms with Gasteiger partial charge in [-0.3, -0.25) is 9.59 Å². The fourth-order valence-corrected chi connectivity index (χ4v) is 2.91. The highest BCUT2D eigenvalue weighted by atomic mass is 35.5. The molecule has 2 aromatic carbocycles. The van der Waals surface area contributed by atoms with E-state index in [1.165, 1.54) is 12.0 Å². The van der Waals surface area contributed by atoms with Crippen molar-refractivity contribution >= 4 is 29.1 Å². The van der Waals surface area contributed by atoms with Crippen LogP contribution in [0.5, 0.6) is 11.5 Å². The number of rotatable bonds is 9. The maximum atomic E-state index is 12.6. The summed E-state index contributed by atoms with van der Waals surface area (Å²) < 4.78 is 10.8. The van der Waals surface area contributed by atoms with E-state index in [2.05, 4.69) is 5.32 Å². The van der Waals surface area contributed by atoms with Crippen LogP contribution in [0, 0.1) is 6.92 Å². The highest BCUT2D eigenvalue weighted by molar-refractivity contribution is 6.30. The van der Waals surface area contributed by atoms with Gasteiger partial charge in [-0.25, -0.2) is 0 Å². The van der Waals surface area contributed by atoms with Gasteiger partial charge in [-0.2, -0.15) is 0 Å². The summed E-state index contributed by atoms with van der Waals surface area (Å²) in [5.41, 5.74) is 1.41. The summed E-state index contributed by atoms with van der Waals surface area (Å²) in [6.45, 7) is 4.05. The molecule has 2 amide bonds. The average molecular weight is 405 g/mol. The number of benzene rings is 2. The second-order valence-corrected chi connectivity index (χ2v) is 6.70. The lowest BCUT2D eigenvalue weighted by molar-refractivity contribution is -0.136. The number of nitrogens with zero attached hydrogens (tertiary/aromatic N) is 1. The van der Waals surface area contributed by atoms with Crippen molar-refractivity contribution in [2.75, 3.05) is 32.1 Å². The van der Waals surface area contributed by atoms with Crippen molar-refractivity contribution in [3.8, 4) is 11.5 Å². The molecule has 150 valence electrons. The Kier molecular flexibility index (Phi) is 8.14. The largest absolute Gasteiger partial charge is 0.495 e. The Morgan fingerprint density at radius 2 is 1.89 bits per heavy atom. The second kappa shape index (κ2) is 10.6. The van der Waals surface area contributed by atoms with Crippen molar-refractivity contribution in [1.29, 1.82) is 0 Å². The second-order valence-electron chi connectivity index (χ2n) is 6.26. The predicted molar refractivity (Wildman–Crippen MR) is 110 cm³/mol.